The second-order valence-corrected chi connectivity index (χ2v) is 5.00. The lowest BCUT2D eigenvalue weighted by molar-refractivity contribution is -0.116. The van der Waals surface area contributed by atoms with E-state index in [9.17, 15) is 4.79 Å². The lowest BCUT2D eigenvalue weighted by Gasteiger charge is -2.19. The number of carbonyl (C=O) groups excluding carboxylic acids is 1. The van der Waals surface area contributed by atoms with E-state index in [0.29, 0.717) is 23.7 Å². The van der Waals surface area contributed by atoms with Crippen LogP contribution >= 0.6 is 0 Å². The largest absolute Gasteiger partial charge is 0.339 e. The van der Waals surface area contributed by atoms with Crippen LogP contribution in [0.5, 0.6) is 0 Å². The van der Waals surface area contributed by atoms with Gasteiger partial charge in [0, 0.05) is 12.6 Å². The predicted octanol–water partition coefficient (Wildman–Crippen LogP) is 1.40. The Hall–Kier alpha value is -1.23. The summed E-state index contributed by atoms with van der Waals surface area (Å²) in [5.74, 6) is 1.58. The molecule has 1 unspecified atom stereocenters. The van der Waals surface area contributed by atoms with Crippen molar-refractivity contribution in [1.82, 2.24) is 15.0 Å². The standard InChI is InChI=1S/C12H19N3O2/c1-8(2)15-5-4-10(7-15)12-13-11(14-17-12)6-9(3)16/h8,10H,4-7H2,1-3H3. The van der Waals surface area contributed by atoms with Crippen LogP contribution in [-0.2, 0) is 11.2 Å². The zero-order valence-electron chi connectivity index (χ0n) is 10.6. The molecule has 1 aliphatic rings. The third-order valence-corrected chi connectivity index (χ3v) is 3.19. The Labute approximate surface area is 101 Å². The van der Waals surface area contributed by atoms with E-state index in [0.717, 1.165) is 19.5 Å². The molecule has 1 aliphatic heterocycles. The molecule has 0 saturated carbocycles. The van der Waals surface area contributed by atoms with Crippen LogP contribution in [0.2, 0.25) is 0 Å². The van der Waals surface area contributed by atoms with Crippen molar-refractivity contribution in [3.05, 3.63) is 11.7 Å². The summed E-state index contributed by atoms with van der Waals surface area (Å²) in [5.41, 5.74) is 0. The number of Topliss-reactive ketones (excluding diaryl/α,β-unsaturated/α-hetero) is 1. The normalized spacial score (nSPS) is 21.3. The topological polar surface area (TPSA) is 59.2 Å². The molecule has 0 spiro atoms. The molecule has 0 amide bonds. The van der Waals surface area contributed by atoms with Crippen molar-refractivity contribution in [2.45, 2.75) is 45.6 Å². The van der Waals surface area contributed by atoms with E-state index in [2.05, 4.69) is 28.9 Å². The van der Waals surface area contributed by atoms with Gasteiger partial charge in [-0.15, -0.1) is 0 Å². The molecule has 5 heteroatoms. The van der Waals surface area contributed by atoms with Crippen LogP contribution < -0.4 is 0 Å². The third kappa shape index (κ3) is 2.91. The van der Waals surface area contributed by atoms with E-state index in [1.807, 2.05) is 0 Å². The average Bonchev–Trinajstić information content (AvgIpc) is 2.83. The van der Waals surface area contributed by atoms with Crippen LogP contribution in [0.15, 0.2) is 4.52 Å². The van der Waals surface area contributed by atoms with Gasteiger partial charge in [-0.25, -0.2) is 0 Å². The number of rotatable bonds is 4. The quantitative estimate of drug-likeness (QED) is 0.792. The minimum absolute atomic E-state index is 0.0626. The summed E-state index contributed by atoms with van der Waals surface area (Å²) < 4.78 is 5.24. The first-order valence-electron chi connectivity index (χ1n) is 6.12. The van der Waals surface area contributed by atoms with E-state index in [1.165, 1.54) is 6.92 Å². The highest BCUT2D eigenvalue weighted by molar-refractivity contribution is 5.77. The fourth-order valence-corrected chi connectivity index (χ4v) is 2.19. The molecule has 0 aliphatic carbocycles. The summed E-state index contributed by atoms with van der Waals surface area (Å²) in [4.78, 5) is 17.7. The van der Waals surface area contributed by atoms with Crippen LogP contribution in [0, 0.1) is 0 Å². The molecule has 2 heterocycles. The molecule has 0 aromatic carbocycles. The highest BCUT2D eigenvalue weighted by Gasteiger charge is 2.29. The average molecular weight is 237 g/mol. The first-order valence-corrected chi connectivity index (χ1v) is 6.12. The number of hydrogen-bond acceptors (Lipinski definition) is 5. The number of carbonyl (C=O) groups is 1. The number of nitrogens with zero attached hydrogens (tertiary/aromatic N) is 3. The van der Waals surface area contributed by atoms with Gasteiger partial charge < -0.3 is 9.42 Å². The molecule has 0 N–H and O–H groups in total. The van der Waals surface area contributed by atoms with E-state index in [4.69, 9.17) is 4.52 Å². The van der Waals surface area contributed by atoms with Gasteiger partial charge in [-0.1, -0.05) is 5.16 Å². The SMILES string of the molecule is CC(=O)Cc1noc(C2CCN(C(C)C)C2)n1. The molecule has 0 radical (unpaired) electrons. The monoisotopic (exact) mass is 237 g/mol. The van der Waals surface area contributed by atoms with Crippen LogP contribution in [0.1, 0.15) is 44.8 Å². The Balaban J connectivity index is 1.99. The summed E-state index contributed by atoms with van der Waals surface area (Å²) >= 11 is 0. The molecule has 5 nitrogen and oxygen atoms in total. The van der Waals surface area contributed by atoms with Gasteiger partial charge in [0.15, 0.2) is 5.82 Å². The van der Waals surface area contributed by atoms with E-state index < -0.39 is 0 Å². The Bertz CT molecular complexity index is 400. The minimum Gasteiger partial charge on any atom is -0.339 e. The Morgan fingerprint density at radius 3 is 2.94 bits per heavy atom. The summed E-state index contributed by atoms with van der Waals surface area (Å²) in [6.07, 6.45) is 1.32. The van der Waals surface area contributed by atoms with Gasteiger partial charge >= 0.3 is 0 Å². The van der Waals surface area contributed by atoms with Gasteiger partial charge in [-0.3, -0.25) is 4.79 Å². The van der Waals surface area contributed by atoms with E-state index >= 15 is 0 Å². The van der Waals surface area contributed by atoms with Crippen LogP contribution in [0.4, 0.5) is 0 Å². The zero-order valence-corrected chi connectivity index (χ0v) is 10.6. The summed E-state index contributed by atoms with van der Waals surface area (Å²) in [5, 5.41) is 3.85. The predicted molar refractivity (Wildman–Crippen MR) is 62.8 cm³/mol. The van der Waals surface area contributed by atoms with Gasteiger partial charge in [-0.2, -0.15) is 4.98 Å². The third-order valence-electron chi connectivity index (χ3n) is 3.19. The van der Waals surface area contributed by atoms with Crippen LogP contribution in [0.25, 0.3) is 0 Å². The maximum atomic E-state index is 11.0. The van der Waals surface area contributed by atoms with Gasteiger partial charge in [0.25, 0.3) is 0 Å². The lowest BCUT2D eigenvalue weighted by atomic mass is 10.1. The molecule has 94 valence electrons. The highest BCUT2D eigenvalue weighted by Crippen LogP contribution is 2.27. The smallest absolute Gasteiger partial charge is 0.231 e. The summed E-state index contributed by atoms with van der Waals surface area (Å²) in [6, 6.07) is 0.555. The van der Waals surface area contributed by atoms with Gasteiger partial charge in [0.05, 0.1) is 12.3 Å². The first kappa shape index (κ1) is 12.2. The van der Waals surface area contributed by atoms with Crippen molar-refractivity contribution >= 4 is 5.78 Å². The second kappa shape index (κ2) is 4.96. The Kier molecular flexibility index (Phi) is 3.57. The van der Waals surface area contributed by atoms with E-state index in [-0.39, 0.29) is 12.2 Å². The summed E-state index contributed by atoms with van der Waals surface area (Å²) in [6.45, 7) is 7.97. The van der Waals surface area contributed by atoms with Gasteiger partial charge in [0.1, 0.15) is 5.78 Å². The Morgan fingerprint density at radius 1 is 1.59 bits per heavy atom. The molecule has 17 heavy (non-hydrogen) atoms. The fourth-order valence-electron chi connectivity index (χ4n) is 2.19. The zero-order chi connectivity index (χ0) is 12.4. The van der Waals surface area contributed by atoms with Gasteiger partial charge in [-0.05, 0) is 33.7 Å². The number of likely N-dealkylation sites (tertiary alicyclic amines) is 1. The number of ketones is 1. The maximum Gasteiger partial charge on any atom is 0.231 e. The van der Waals surface area contributed by atoms with Crippen molar-refractivity contribution in [2.75, 3.05) is 13.1 Å². The van der Waals surface area contributed by atoms with Crippen molar-refractivity contribution in [2.24, 2.45) is 0 Å². The molecule has 0 bridgehead atoms. The second-order valence-electron chi connectivity index (χ2n) is 5.00. The number of aromatic nitrogens is 2. The van der Waals surface area contributed by atoms with Crippen LogP contribution in [0.3, 0.4) is 0 Å². The molecule has 1 atom stereocenters. The molecule has 1 aromatic heterocycles. The molecular formula is C12H19N3O2. The molecule has 1 aromatic rings. The van der Waals surface area contributed by atoms with Crippen molar-refractivity contribution < 1.29 is 9.32 Å². The molecule has 2 rings (SSSR count). The Morgan fingerprint density at radius 2 is 2.35 bits per heavy atom. The maximum absolute atomic E-state index is 11.0. The molecule has 1 saturated heterocycles. The number of hydrogen-bond donors (Lipinski definition) is 0. The summed E-state index contributed by atoms with van der Waals surface area (Å²) in [7, 11) is 0. The first-order chi connectivity index (χ1) is 8.06. The van der Waals surface area contributed by atoms with Gasteiger partial charge in [0.2, 0.25) is 5.89 Å². The fraction of sp³-hybridized carbons (Fsp3) is 0.750. The van der Waals surface area contributed by atoms with Crippen LogP contribution in [-0.4, -0.2) is 40.0 Å². The highest BCUT2D eigenvalue weighted by atomic mass is 16.5. The molecular weight excluding hydrogens is 218 g/mol. The minimum atomic E-state index is 0.0626. The van der Waals surface area contributed by atoms with Crippen molar-refractivity contribution in [1.29, 1.82) is 0 Å². The van der Waals surface area contributed by atoms with Crippen molar-refractivity contribution in [3.8, 4) is 0 Å². The molecule has 1 fully saturated rings. The lowest BCUT2D eigenvalue weighted by Crippen LogP contribution is -2.27. The van der Waals surface area contributed by atoms with E-state index in [1.54, 1.807) is 0 Å². The van der Waals surface area contributed by atoms with Crippen molar-refractivity contribution in [3.63, 3.8) is 0 Å².